The average Bonchev–Trinajstić information content (AvgIpc) is 2.61. The van der Waals surface area contributed by atoms with Gasteiger partial charge in [0.1, 0.15) is 0 Å². The van der Waals surface area contributed by atoms with Gasteiger partial charge in [0.15, 0.2) is 0 Å². The molecule has 1 unspecified atom stereocenters. The summed E-state index contributed by atoms with van der Waals surface area (Å²) in [7, 11) is 0. The maximum Gasteiger partial charge on any atom is 0.315 e. The quantitative estimate of drug-likeness (QED) is 0.725. The molecule has 1 atom stereocenters. The van der Waals surface area contributed by atoms with Gasteiger partial charge >= 0.3 is 12.0 Å². The van der Waals surface area contributed by atoms with Gasteiger partial charge in [0.05, 0.1) is 6.42 Å². The van der Waals surface area contributed by atoms with Crippen LogP contribution in [0.4, 0.5) is 4.79 Å². The van der Waals surface area contributed by atoms with Gasteiger partial charge in [0, 0.05) is 12.6 Å². The monoisotopic (exact) mass is 282 g/mol. The molecule has 0 bridgehead atoms. The molecule has 0 aliphatic heterocycles. The first-order valence-corrected chi connectivity index (χ1v) is 7.59. The lowest BCUT2D eigenvalue weighted by molar-refractivity contribution is -0.141. The second kappa shape index (κ2) is 5.62. The Morgan fingerprint density at radius 3 is 2.35 bits per heavy atom. The molecule has 2 aliphatic carbocycles. The van der Waals surface area contributed by atoms with E-state index in [4.69, 9.17) is 5.11 Å². The zero-order valence-electron chi connectivity index (χ0n) is 12.5. The summed E-state index contributed by atoms with van der Waals surface area (Å²) in [4.78, 5) is 22.9. The predicted octanol–water partition coefficient (Wildman–Crippen LogP) is 2.51. The second-order valence-corrected chi connectivity index (χ2v) is 7.18. The van der Waals surface area contributed by atoms with E-state index in [9.17, 15) is 9.59 Å². The molecule has 3 N–H and O–H groups in total. The number of urea groups is 1. The fourth-order valence-electron chi connectivity index (χ4n) is 3.48. The van der Waals surface area contributed by atoms with Crippen molar-refractivity contribution in [3.05, 3.63) is 0 Å². The summed E-state index contributed by atoms with van der Waals surface area (Å²) in [6.45, 7) is 4.84. The molecule has 0 aromatic carbocycles. The molecule has 5 nitrogen and oxygen atoms in total. The van der Waals surface area contributed by atoms with Crippen molar-refractivity contribution in [2.75, 3.05) is 6.54 Å². The normalized spacial score (nSPS) is 26.6. The van der Waals surface area contributed by atoms with E-state index < -0.39 is 5.97 Å². The van der Waals surface area contributed by atoms with E-state index in [2.05, 4.69) is 24.5 Å². The van der Waals surface area contributed by atoms with E-state index >= 15 is 0 Å². The van der Waals surface area contributed by atoms with Gasteiger partial charge in [-0.25, -0.2) is 4.79 Å². The number of rotatable bonds is 5. The molecule has 0 aromatic heterocycles. The average molecular weight is 282 g/mol. The number of carbonyl (C=O) groups is 2. The molecule has 2 aliphatic rings. The summed E-state index contributed by atoms with van der Waals surface area (Å²) in [6.07, 6.45) is 6.33. The third kappa shape index (κ3) is 3.44. The lowest BCUT2D eigenvalue weighted by atomic mass is 9.66. The van der Waals surface area contributed by atoms with Crippen LogP contribution in [-0.4, -0.2) is 29.7 Å². The molecule has 20 heavy (non-hydrogen) atoms. The molecule has 2 saturated carbocycles. The number of aliphatic carboxylic acids is 1. The van der Waals surface area contributed by atoms with Gasteiger partial charge in [-0.05, 0) is 36.5 Å². The molecule has 0 radical (unpaired) electrons. The minimum atomic E-state index is -0.774. The first-order chi connectivity index (χ1) is 9.33. The molecule has 2 amide bonds. The van der Waals surface area contributed by atoms with Crippen LogP contribution in [0.25, 0.3) is 0 Å². The van der Waals surface area contributed by atoms with Gasteiger partial charge in [-0.15, -0.1) is 0 Å². The third-order valence-corrected chi connectivity index (χ3v) is 5.13. The molecule has 0 spiro atoms. The van der Waals surface area contributed by atoms with Crippen LogP contribution in [-0.2, 0) is 4.79 Å². The number of carboxylic acids is 1. The van der Waals surface area contributed by atoms with E-state index in [1.54, 1.807) is 0 Å². The van der Waals surface area contributed by atoms with E-state index in [-0.39, 0.29) is 29.3 Å². The maximum absolute atomic E-state index is 12.0. The summed E-state index contributed by atoms with van der Waals surface area (Å²) < 4.78 is 0. The standard InChI is InChI=1S/C15H26N2O3/c1-14(2)6-3-5-11(14)17-13(20)16-10-15(7-4-8-15)9-12(18)19/h11H,3-10H2,1-2H3,(H,18,19)(H2,16,17,20). The molecule has 0 heterocycles. The Morgan fingerprint density at radius 1 is 1.20 bits per heavy atom. The van der Waals surface area contributed by atoms with Crippen molar-refractivity contribution in [3.63, 3.8) is 0 Å². The number of hydrogen-bond acceptors (Lipinski definition) is 2. The van der Waals surface area contributed by atoms with E-state index in [1.165, 1.54) is 0 Å². The maximum atomic E-state index is 12.0. The zero-order valence-corrected chi connectivity index (χ0v) is 12.5. The molecule has 114 valence electrons. The van der Waals surface area contributed by atoms with Crippen LogP contribution in [0.3, 0.4) is 0 Å². The van der Waals surface area contributed by atoms with Crippen LogP contribution in [0.2, 0.25) is 0 Å². The fraction of sp³-hybridized carbons (Fsp3) is 0.867. The van der Waals surface area contributed by atoms with Gasteiger partial charge < -0.3 is 15.7 Å². The number of amides is 2. The molecular formula is C15H26N2O3. The van der Waals surface area contributed by atoms with Gasteiger partial charge in [0.25, 0.3) is 0 Å². The molecule has 0 saturated heterocycles. The van der Waals surface area contributed by atoms with Crippen molar-refractivity contribution in [1.82, 2.24) is 10.6 Å². The largest absolute Gasteiger partial charge is 0.481 e. The SMILES string of the molecule is CC1(C)CCCC1NC(=O)NCC1(CC(=O)O)CCC1. The molecule has 0 aromatic rings. The molecule has 5 heteroatoms. The highest BCUT2D eigenvalue weighted by atomic mass is 16.4. The third-order valence-electron chi connectivity index (χ3n) is 5.13. The van der Waals surface area contributed by atoms with Crippen LogP contribution in [0.5, 0.6) is 0 Å². The summed E-state index contributed by atoms with van der Waals surface area (Å²) in [6, 6.07) is 0.0703. The number of carboxylic acid groups (broad SMARTS) is 1. The highest BCUT2D eigenvalue weighted by Crippen LogP contribution is 2.43. The minimum absolute atomic E-state index is 0.151. The van der Waals surface area contributed by atoms with E-state index in [0.717, 1.165) is 38.5 Å². The van der Waals surface area contributed by atoms with Gasteiger partial charge in [-0.2, -0.15) is 0 Å². The first-order valence-electron chi connectivity index (χ1n) is 7.59. The highest BCUT2D eigenvalue weighted by molar-refractivity contribution is 5.74. The Morgan fingerprint density at radius 2 is 1.90 bits per heavy atom. The van der Waals surface area contributed by atoms with Crippen molar-refractivity contribution in [2.45, 2.75) is 64.8 Å². The lowest BCUT2D eigenvalue weighted by Gasteiger charge is -2.41. The summed E-state index contributed by atoms with van der Waals surface area (Å²) in [5.41, 5.74) is -0.0546. The lowest BCUT2D eigenvalue weighted by Crippen LogP contribution is -2.50. The Kier molecular flexibility index (Phi) is 4.25. The topological polar surface area (TPSA) is 78.4 Å². The Labute approximate surface area is 120 Å². The van der Waals surface area contributed by atoms with Gasteiger partial charge in [0.2, 0.25) is 0 Å². The Hall–Kier alpha value is -1.26. The molecule has 2 rings (SSSR count). The van der Waals surface area contributed by atoms with E-state index in [1.807, 2.05) is 0 Å². The van der Waals surface area contributed by atoms with Crippen molar-refractivity contribution in [2.24, 2.45) is 10.8 Å². The van der Waals surface area contributed by atoms with Crippen LogP contribution in [0.1, 0.15) is 58.8 Å². The highest BCUT2D eigenvalue weighted by Gasteiger charge is 2.40. The van der Waals surface area contributed by atoms with Crippen LogP contribution >= 0.6 is 0 Å². The van der Waals surface area contributed by atoms with Gasteiger partial charge in [-0.1, -0.05) is 26.7 Å². The van der Waals surface area contributed by atoms with Crippen LogP contribution in [0, 0.1) is 10.8 Å². The summed E-state index contributed by atoms with van der Waals surface area (Å²) in [5, 5.41) is 14.9. The van der Waals surface area contributed by atoms with Gasteiger partial charge in [-0.3, -0.25) is 4.79 Å². The Balaban J connectivity index is 1.79. The number of carbonyl (C=O) groups excluding carboxylic acids is 1. The van der Waals surface area contributed by atoms with Crippen LogP contribution < -0.4 is 10.6 Å². The molecular weight excluding hydrogens is 256 g/mol. The Bertz CT molecular complexity index is 389. The fourth-order valence-corrected chi connectivity index (χ4v) is 3.48. The van der Waals surface area contributed by atoms with E-state index in [0.29, 0.717) is 6.54 Å². The number of nitrogens with one attached hydrogen (secondary N) is 2. The zero-order chi connectivity index (χ0) is 14.8. The van der Waals surface area contributed by atoms with Crippen molar-refractivity contribution in [1.29, 1.82) is 0 Å². The number of hydrogen-bond donors (Lipinski definition) is 3. The minimum Gasteiger partial charge on any atom is -0.481 e. The van der Waals surface area contributed by atoms with Crippen LogP contribution in [0.15, 0.2) is 0 Å². The van der Waals surface area contributed by atoms with Crippen molar-refractivity contribution >= 4 is 12.0 Å². The second-order valence-electron chi connectivity index (χ2n) is 7.18. The smallest absolute Gasteiger partial charge is 0.315 e. The van der Waals surface area contributed by atoms with Crippen molar-refractivity contribution < 1.29 is 14.7 Å². The molecule has 2 fully saturated rings. The summed E-state index contributed by atoms with van der Waals surface area (Å²) in [5.74, 6) is -0.774. The summed E-state index contributed by atoms with van der Waals surface area (Å²) >= 11 is 0. The predicted molar refractivity (Wildman–Crippen MR) is 76.5 cm³/mol. The van der Waals surface area contributed by atoms with Crippen molar-refractivity contribution in [3.8, 4) is 0 Å². The first kappa shape index (κ1) is 15.1.